The number of para-hydroxylation sites is 1. The maximum atomic E-state index is 14.0. The van der Waals surface area contributed by atoms with Crippen molar-refractivity contribution in [1.29, 1.82) is 0 Å². The number of amides is 1. The maximum Gasteiger partial charge on any atom is 0.264 e. The molecule has 0 spiro atoms. The van der Waals surface area contributed by atoms with Crippen LogP contribution in [0.25, 0.3) is 0 Å². The van der Waals surface area contributed by atoms with Gasteiger partial charge in [0.05, 0.1) is 10.6 Å². The summed E-state index contributed by atoms with van der Waals surface area (Å²) in [4.78, 5) is 13.8. The highest BCUT2D eigenvalue weighted by Crippen LogP contribution is 2.27. The number of nitrogens with zero attached hydrogens (tertiary/aromatic N) is 1. The quantitative estimate of drug-likeness (QED) is 0.266. The molecule has 0 unspecified atom stereocenters. The molecule has 184 valence electrons. The lowest BCUT2D eigenvalue weighted by molar-refractivity contribution is -0.114. The van der Waals surface area contributed by atoms with E-state index >= 15 is 0 Å². The van der Waals surface area contributed by atoms with Crippen LogP contribution >= 0.6 is 11.8 Å². The Kier molecular flexibility index (Phi) is 7.92. The average Bonchev–Trinajstić information content (AvgIpc) is 2.89. The van der Waals surface area contributed by atoms with Gasteiger partial charge in [0, 0.05) is 10.6 Å². The molecule has 0 bridgehead atoms. The molecule has 1 amide bonds. The first kappa shape index (κ1) is 25.3. The molecule has 0 fully saturated rings. The number of nitrogens with one attached hydrogen (secondary N) is 1. The van der Waals surface area contributed by atoms with E-state index in [4.69, 9.17) is 4.74 Å². The number of hydrogen-bond donors (Lipinski definition) is 1. The van der Waals surface area contributed by atoms with E-state index in [0.717, 1.165) is 15.3 Å². The molecule has 1 N–H and O–H groups in total. The van der Waals surface area contributed by atoms with E-state index in [1.54, 1.807) is 36.4 Å². The number of hydrogen-bond acceptors (Lipinski definition) is 5. The number of ether oxygens (including phenoxy) is 1. The average molecular weight is 523 g/mol. The van der Waals surface area contributed by atoms with Gasteiger partial charge in [-0.3, -0.25) is 9.10 Å². The van der Waals surface area contributed by atoms with Gasteiger partial charge in [0.25, 0.3) is 10.0 Å². The summed E-state index contributed by atoms with van der Waals surface area (Å²) in [7, 11) is -4.15. The van der Waals surface area contributed by atoms with Gasteiger partial charge in [-0.2, -0.15) is 0 Å². The Hall–Kier alpha value is -3.82. The van der Waals surface area contributed by atoms with Crippen molar-refractivity contribution in [3.05, 3.63) is 109 Å². The zero-order chi connectivity index (χ0) is 25.5. The van der Waals surface area contributed by atoms with E-state index in [1.807, 2.05) is 36.6 Å². The molecule has 36 heavy (non-hydrogen) atoms. The predicted octanol–water partition coefficient (Wildman–Crippen LogP) is 6.17. The van der Waals surface area contributed by atoms with Crippen molar-refractivity contribution in [1.82, 2.24) is 0 Å². The molecule has 0 aliphatic rings. The summed E-state index contributed by atoms with van der Waals surface area (Å²) >= 11 is 1.48. The number of sulfonamides is 1. The van der Waals surface area contributed by atoms with Crippen LogP contribution in [0.1, 0.15) is 0 Å². The number of carbonyl (C=O) groups is 1. The summed E-state index contributed by atoms with van der Waals surface area (Å²) in [6.07, 6.45) is 1.88. The van der Waals surface area contributed by atoms with Crippen LogP contribution in [-0.2, 0) is 14.8 Å². The number of halogens is 1. The first-order chi connectivity index (χ1) is 17.3. The van der Waals surface area contributed by atoms with Crippen molar-refractivity contribution in [3.63, 3.8) is 0 Å². The molecule has 0 heterocycles. The minimum absolute atomic E-state index is 0.000208. The van der Waals surface area contributed by atoms with Gasteiger partial charge >= 0.3 is 0 Å². The van der Waals surface area contributed by atoms with Crippen LogP contribution in [0.15, 0.2) is 113 Å². The number of anilines is 2. The van der Waals surface area contributed by atoms with Crippen molar-refractivity contribution in [3.8, 4) is 11.5 Å². The van der Waals surface area contributed by atoms with Crippen LogP contribution in [0.3, 0.4) is 0 Å². The van der Waals surface area contributed by atoms with E-state index in [9.17, 15) is 17.6 Å². The molecule has 0 aromatic heterocycles. The Morgan fingerprint density at radius 1 is 0.889 bits per heavy atom. The molecule has 9 heteroatoms. The molecule has 4 rings (SSSR count). The Bertz CT molecular complexity index is 1430. The van der Waals surface area contributed by atoms with Gasteiger partial charge in [-0.25, -0.2) is 12.8 Å². The van der Waals surface area contributed by atoms with Gasteiger partial charge in [0.1, 0.15) is 23.9 Å². The molecule has 6 nitrogen and oxygen atoms in total. The van der Waals surface area contributed by atoms with Crippen LogP contribution in [0, 0.1) is 5.82 Å². The summed E-state index contributed by atoms with van der Waals surface area (Å²) in [6.45, 7) is -0.543. The number of carbonyl (C=O) groups excluding carboxylic acids is 1. The van der Waals surface area contributed by atoms with Gasteiger partial charge in [0.2, 0.25) is 5.91 Å². The van der Waals surface area contributed by atoms with E-state index in [-0.39, 0.29) is 10.6 Å². The lowest BCUT2D eigenvalue weighted by Crippen LogP contribution is -2.38. The predicted molar refractivity (Wildman–Crippen MR) is 141 cm³/mol. The van der Waals surface area contributed by atoms with Gasteiger partial charge in [-0.05, 0) is 85.1 Å². The second-order valence-corrected chi connectivity index (χ2v) is 10.4. The molecular weight excluding hydrogens is 499 g/mol. The standard InChI is InChI=1S/C27H23FN2O4S2/c1-35-25-14-16-26(17-15-25)36(32,33)30(22-7-5-6-20(28)18-22)19-27(31)29-21-10-12-24(13-11-21)34-23-8-3-2-4-9-23/h2-18H,19H2,1H3,(H,29,31). The van der Waals surface area contributed by atoms with Crippen LogP contribution in [0.4, 0.5) is 15.8 Å². The minimum atomic E-state index is -4.15. The fourth-order valence-corrected chi connectivity index (χ4v) is 5.20. The van der Waals surface area contributed by atoms with Crippen molar-refractivity contribution in [2.24, 2.45) is 0 Å². The lowest BCUT2D eigenvalue weighted by atomic mass is 10.3. The van der Waals surface area contributed by atoms with E-state index in [1.165, 1.54) is 42.1 Å². The van der Waals surface area contributed by atoms with Crippen molar-refractivity contribution in [2.45, 2.75) is 9.79 Å². The molecule has 0 radical (unpaired) electrons. The molecule has 0 atom stereocenters. The largest absolute Gasteiger partial charge is 0.457 e. The zero-order valence-corrected chi connectivity index (χ0v) is 20.9. The smallest absolute Gasteiger partial charge is 0.264 e. The normalized spacial score (nSPS) is 11.1. The SMILES string of the molecule is CSc1ccc(S(=O)(=O)N(CC(=O)Nc2ccc(Oc3ccccc3)cc2)c2cccc(F)c2)cc1. The first-order valence-electron chi connectivity index (χ1n) is 10.9. The molecule has 0 saturated heterocycles. The topological polar surface area (TPSA) is 75.7 Å². The third-order valence-electron chi connectivity index (χ3n) is 5.15. The summed E-state index contributed by atoms with van der Waals surface area (Å²) in [5, 5.41) is 2.69. The third kappa shape index (κ3) is 6.24. The van der Waals surface area contributed by atoms with Gasteiger partial charge < -0.3 is 10.1 Å². The van der Waals surface area contributed by atoms with E-state index in [2.05, 4.69) is 5.32 Å². The fraction of sp³-hybridized carbons (Fsp3) is 0.0741. The molecule has 0 aliphatic heterocycles. The Balaban J connectivity index is 1.53. The van der Waals surface area contributed by atoms with E-state index < -0.39 is 28.3 Å². The zero-order valence-electron chi connectivity index (χ0n) is 19.3. The highest BCUT2D eigenvalue weighted by Gasteiger charge is 2.27. The summed E-state index contributed by atoms with van der Waals surface area (Å²) in [6, 6.07) is 27.4. The molecule has 0 saturated carbocycles. The van der Waals surface area contributed by atoms with Gasteiger partial charge in [-0.1, -0.05) is 24.3 Å². The van der Waals surface area contributed by atoms with Crippen molar-refractivity contribution >= 4 is 39.1 Å². The van der Waals surface area contributed by atoms with Crippen molar-refractivity contribution in [2.75, 3.05) is 22.4 Å². The van der Waals surface area contributed by atoms with Gasteiger partial charge in [-0.15, -0.1) is 11.8 Å². The van der Waals surface area contributed by atoms with Crippen LogP contribution < -0.4 is 14.4 Å². The highest BCUT2D eigenvalue weighted by molar-refractivity contribution is 7.98. The minimum Gasteiger partial charge on any atom is -0.457 e. The van der Waals surface area contributed by atoms with Crippen LogP contribution in [0.2, 0.25) is 0 Å². The number of rotatable bonds is 9. The summed E-state index contributed by atoms with van der Waals surface area (Å²) < 4.78 is 47.5. The summed E-state index contributed by atoms with van der Waals surface area (Å²) in [5.74, 6) is 0.0628. The Labute approximate surface area is 213 Å². The molecule has 0 aliphatic carbocycles. The number of benzene rings is 4. The monoisotopic (exact) mass is 522 g/mol. The molecule has 4 aromatic rings. The van der Waals surface area contributed by atoms with Crippen molar-refractivity contribution < 1.29 is 22.3 Å². The fourth-order valence-electron chi connectivity index (χ4n) is 3.38. The van der Waals surface area contributed by atoms with E-state index in [0.29, 0.717) is 17.2 Å². The second-order valence-electron chi connectivity index (χ2n) is 7.65. The third-order valence-corrected chi connectivity index (χ3v) is 7.68. The molecule has 4 aromatic carbocycles. The molecular formula is C27H23FN2O4S2. The highest BCUT2D eigenvalue weighted by atomic mass is 32.2. The first-order valence-corrected chi connectivity index (χ1v) is 13.6. The Morgan fingerprint density at radius 2 is 1.56 bits per heavy atom. The second kappa shape index (κ2) is 11.3. The number of thioether (sulfide) groups is 1. The van der Waals surface area contributed by atoms with Gasteiger partial charge in [0.15, 0.2) is 0 Å². The lowest BCUT2D eigenvalue weighted by Gasteiger charge is -2.24. The summed E-state index contributed by atoms with van der Waals surface area (Å²) in [5.41, 5.74) is 0.507. The maximum absolute atomic E-state index is 14.0. The Morgan fingerprint density at radius 3 is 2.19 bits per heavy atom. The van der Waals surface area contributed by atoms with Crippen LogP contribution in [-0.4, -0.2) is 27.1 Å². The van der Waals surface area contributed by atoms with Crippen LogP contribution in [0.5, 0.6) is 11.5 Å².